The monoisotopic (exact) mass is 421 g/mol. The van der Waals surface area contributed by atoms with Crippen molar-refractivity contribution < 1.29 is 29.0 Å². The van der Waals surface area contributed by atoms with Gasteiger partial charge in [0.05, 0.1) is 23.7 Å². The molecular formula is C21H27NO6S. The molecule has 4 aliphatic carbocycles. The minimum atomic E-state index is -0.757. The number of hydrogen-bond acceptors (Lipinski definition) is 7. The molecule has 0 spiro atoms. The van der Waals surface area contributed by atoms with Crippen LogP contribution in [-0.2, 0) is 19.1 Å². The van der Waals surface area contributed by atoms with Crippen LogP contribution in [0.3, 0.4) is 0 Å². The molecule has 158 valence electrons. The van der Waals surface area contributed by atoms with Crippen molar-refractivity contribution >= 4 is 34.2 Å². The van der Waals surface area contributed by atoms with Gasteiger partial charge in [-0.2, -0.15) is 0 Å². The number of anilines is 1. The van der Waals surface area contributed by atoms with Gasteiger partial charge >= 0.3 is 11.9 Å². The lowest BCUT2D eigenvalue weighted by molar-refractivity contribution is -0.196. The highest BCUT2D eigenvalue weighted by molar-refractivity contribution is 7.16. The minimum Gasteiger partial charge on any atom is -0.465 e. The van der Waals surface area contributed by atoms with E-state index in [9.17, 15) is 19.5 Å². The number of rotatable bonds is 5. The fraction of sp³-hybridized carbons (Fsp3) is 0.667. The molecule has 0 aliphatic heterocycles. The predicted octanol–water partition coefficient (Wildman–Crippen LogP) is 2.96. The highest BCUT2D eigenvalue weighted by Gasteiger charge is 2.60. The molecule has 7 nitrogen and oxygen atoms in total. The van der Waals surface area contributed by atoms with Crippen LogP contribution >= 0.6 is 11.3 Å². The molecule has 1 amide bonds. The second-order valence-electron chi connectivity index (χ2n) is 9.07. The summed E-state index contributed by atoms with van der Waals surface area (Å²) in [5.41, 5.74) is -0.326. The Morgan fingerprint density at radius 3 is 2.41 bits per heavy atom. The number of nitrogens with one attached hydrogen (secondary N) is 1. The van der Waals surface area contributed by atoms with Crippen LogP contribution in [-0.4, -0.2) is 42.3 Å². The van der Waals surface area contributed by atoms with Gasteiger partial charge in [-0.1, -0.05) is 0 Å². The molecule has 29 heavy (non-hydrogen) atoms. The van der Waals surface area contributed by atoms with E-state index in [1.54, 1.807) is 6.92 Å². The van der Waals surface area contributed by atoms with E-state index in [-0.39, 0.29) is 5.97 Å². The van der Waals surface area contributed by atoms with Gasteiger partial charge in [-0.15, -0.1) is 11.3 Å². The molecule has 8 heteroatoms. The molecule has 4 aliphatic rings. The van der Waals surface area contributed by atoms with Crippen LogP contribution < -0.4 is 5.32 Å². The van der Waals surface area contributed by atoms with Crippen LogP contribution in [0.4, 0.5) is 5.00 Å². The van der Waals surface area contributed by atoms with Gasteiger partial charge in [0.25, 0.3) is 5.91 Å². The minimum absolute atomic E-state index is 0.331. The van der Waals surface area contributed by atoms with Gasteiger partial charge in [-0.25, -0.2) is 4.79 Å². The number of hydrogen-bond donors (Lipinski definition) is 2. The van der Waals surface area contributed by atoms with Crippen LogP contribution in [0.2, 0.25) is 0 Å². The van der Waals surface area contributed by atoms with E-state index in [0.717, 1.165) is 42.5 Å². The zero-order valence-electron chi connectivity index (χ0n) is 17.0. The van der Waals surface area contributed by atoms with Crippen molar-refractivity contribution in [1.29, 1.82) is 0 Å². The average Bonchev–Trinajstić information content (AvgIpc) is 2.90. The maximum absolute atomic E-state index is 12.9. The number of carbonyl (C=O) groups is 3. The summed E-state index contributed by atoms with van der Waals surface area (Å²) < 4.78 is 10.2. The van der Waals surface area contributed by atoms with Gasteiger partial charge in [0.2, 0.25) is 0 Å². The molecule has 5 rings (SSSR count). The molecule has 0 radical (unpaired) electrons. The average molecular weight is 422 g/mol. The van der Waals surface area contributed by atoms with Gasteiger partial charge < -0.3 is 19.9 Å². The van der Waals surface area contributed by atoms with Crippen molar-refractivity contribution in [3.05, 3.63) is 16.0 Å². The maximum Gasteiger partial charge on any atom is 0.341 e. The van der Waals surface area contributed by atoms with Gasteiger partial charge in [0.1, 0.15) is 5.00 Å². The number of aryl methyl sites for hydroxylation is 1. The third-order valence-corrected chi connectivity index (χ3v) is 7.95. The number of ether oxygens (including phenoxy) is 2. The van der Waals surface area contributed by atoms with E-state index in [0.29, 0.717) is 28.8 Å². The first kappa shape index (κ1) is 20.3. The van der Waals surface area contributed by atoms with Gasteiger partial charge in [-0.05, 0) is 69.8 Å². The zero-order chi connectivity index (χ0) is 21.0. The molecule has 1 aromatic rings. The summed E-state index contributed by atoms with van der Waals surface area (Å²) in [7, 11) is 1.29. The van der Waals surface area contributed by atoms with Crippen molar-refractivity contribution in [1.82, 2.24) is 0 Å². The number of thiophene rings is 1. The lowest BCUT2D eigenvalue weighted by Gasteiger charge is -2.58. The summed E-state index contributed by atoms with van der Waals surface area (Å²) in [4.78, 5) is 38.2. The number of aliphatic hydroxyl groups is 1. The zero-order valence-corrected chi connectivity index (χ0v) is 17.8. The molecule has 2 N–H and O–H groups in total. The summed E-state index contributed by atoms with van der Waals surface area (Å²) in [6.07, 6.45) is 4.53. The van der Waals surface area contributed by atoms with Crippen LogP contribution in [0.1, 0.15) is 59.3 Å². The summed E-state index contributed by atoms with van der Waals surface area (Å²) in [5.74, 6) is -0.661. The topological polar surface area (TPSA) is 102 Å². The highest BCUT2D eigenvalue weighted by Crippen LogP contribution is 2.61. The SMILES string of the molecule is COC(=O)c1c(NC(=O)COC(=O)C23C[C@@H]4C[C@@H](CC(O)(C4)C2)C3)sc(C)c1C. The van der Waals surface area contributed by atoms with Crippen molar-refractivity contribution in [2.45, 2.75) is 58.0 Å². The van der Waals surface area contributed by atoms with Crippen LogP contribution in [0.15, 0.2) is 0 Å². The van der Waals surface area contributed by atoms with E-state index in [1.807, 2.05) is 6.92 Å². The normalized spacial score (nSPS) is 32.1. The molecule has 4 fully saturated rings. The molecular weight excluding hydrogens is 394 g/mol. The van der Waals surface area contributed by atoms with E-state index in [2.05, 4.69) is 5.32 Å². The lowest BCUT2D eigenvalue weighted by Crippen LogP contribution is -2.58. The third-order valence-electron chi connectivity index (χ3n) is 6.83. The number of carbonyl (C=O) groups excluding carboxylic acids is 3. The van der Waals surface area contributed by atoms with Crippen molar-refractivity contribution in [3.63, 3.8) is 0 Å². The first-order chi connectivity index (χ1) is 13.6. The van der Waals surface area contributed by atoms with Crippen LogP contribution in [0.5, 0.6) is 0 Å². The predicted molar refractivity (Wildman–Crippen MR) is 107 cm³/mol. The number of amides is 1. The first-order valence-corrected chi connectivity index (χ1v) is 10.8. The smallest absolute Gasteiger partial charge is 0.341 e. The molecule has 4 atom stereocenters. The van der Waals surface area contributed by atoms with E-state index >= 15 is 0 Å². The lowest BCUT2D eigenvalue weighted by atomic mass is 9.48. The van der Waals surface area contributed by atoms with E-state index in [4.69, 9.17) is 9.47 Å². The molecule has 4 saturated carbocycles. The van der Waals surface area contributed by atoms with Crippen LogP contribution in [0.25, 0.3) is 0 Å². The molecule has 2 unspecified atom stereocenters. The second kappa shape index (κ2) is 7.09. The fourth-order valence-corrected chi connectivity index (χ4v) is 7.03. The Bertz CT molecular complexity index is 861. The summed E-state index contributed by atoms with van der Waals surface area (Å²) in [5, 5.41) is 13.9. The van der Waals surface area contributed by atoms with Gasteiger partial charge in [0, 0.05) is 4.88 Å². The standard InChI is InChI=1S/C21H27NO6S/c1-11-12(2)29-17(16(11)18(24)27-3)22-15(23)9-28-19(25)20-5-13-4-14(6-20)8-21(26,7-13)10-20/h13-14,26H,4-10H2,1-3H3,(H,22,23)/t13-,14+,20?,21?. The third kappa shape index (κ3) is 3.57. The largest absolute Gasteiger partial charge is 0.465 e. The molecule has 0 saturated heterocycles. The van der Waals surface area contributed by atoms with E-state index < -0.39 is 29.5 Å². The Morgan fingerprint density at radius 1 is 1.17 bits per heavy atom. The second-order valence-corrected chi connectivity index (χ2v) is 10.3. The summed E-state index contributed by atoms with van der Waals surface area (Å²) in [6, 6.07) is 0. The Balaban J connectivity index is 1.40. The quantitative estimate of drug-likeness (QED) is 0.709. The molecule has 1 aromatic heterocycles. The van der Waals surface area contributed by atoms with Crippen molar-refractivity contribution in [2.75, 3.05) is 19.0 Å². The molecule has 1 heterocycles. The van der Waals surface area contributed by atoms with Crippen molar-refractivity contribution in [2.24, 2.45) is 17.3 Å². The van der Waals surface area contributed by atoms with E-state index in [1.165, 1.54) is 18.4 Å². The van der Waals surface area contributed by atoms with Gasteiger partial charge in [-0.3, -0.25) is 9.59 Å². The fourth-order valence-electron chi connectivity index (χ4n) is 5.96. The van der Waals surface area contributed by atoms with Crippen LogP contribution in [0, 0.1) is 31.1 Å². The number of esters is 2. The molecule has 0 aromatic carbocycles. The highest BCUT2D eigenvalue weighted by atomic mass is 32.1. The maximum atomic E-state index is 12.9. The number of methoxy groups -OCH3 is 1. The first-order valence-electron chi connectivity index (χ1n) is 10.0. The Morgan fingerprint density at radius 2 is 1.83 bits per heavy atom. The Labute approximate surface area is 173 Å². The molecule has 4 bridgehead atoms. The van der Waals surface area contributed by atoms with Crippen molar-refractivity contribution in [3.8, 4) is 0 Å². The summed E-state index contributed by atoms with van der Waals surface area (Å²) >= 11 is 1.29. The summed E-state index contributed by atoms with van der Waals surface area (Å²) in [6.45, 7) is 3.25. The Hall–Kier alpha value is -1.93. The Kier molecular flexibility index (Phi) is 4.98. The van der Waals surface area contributed by atoms with Gasteiger partial charge in [0.15, 0.2) is 6.61 Å².